The van der Waals surface area contributed by atoms with Gasteiger partial charge < -0.3 is 20.4 Å². The molecule has 10 heteroatoms. The molecule has 0 spiro atoms. The van der Waals surface area contributed by atoms with Crippen molar-refractivity contribution >= 4 is 34.4 Å². The monoisotopic (exact) mass is 473 g/mol. The van der Waals surface area contributed by atoms with E-state index in [0.717, 1.165) is 25.2 Å². The summed E-state index contributed by atoms with van der Waals surface area (Å²) in [6.07, 6.45) is 6.53. The van der Waals surface area contributed by atoms with Gasteiger partial charge in [-0.05, 0) is 57.0 Å². The molecule has 0 saturated carbocycles. The fourth-order valence-corrected chi connectivity index (χ4v) is 4.40. The highest BCUT2D eigenvalue weighted by Gasteiger charge is 2.25. The van der Waals surface area contributed by atoms with Crippen molar-refractivity contribution in [1.29, 1.82) is 0 Å². The van der Waals surface area contributed by atoms with Crippen LogP contribution in [-0.4, -0.2) is 44.7 Å². The minimum absolute atomic E-state index is 0.0726. The molecule has 1 unspecified atom stereocenters. The molecular formula is C25H27N7O3. The van der Waals surface area contributed by atoms with Crippen molar-refractivity contribution in [2.75, 3.05) is 23.3 Å². The lowest BCUT2D eigenvalue weighted by molar-refractivity contribution is -0.122. The number of piperidine rings is 1. The van der Waals surface area contributed by atoms with E-state index in [9.17, 15) is 9.59 Å². The topological polar surface area (TPSA) is 132 Å². The van der Waals surface area contributed by atoms with E-state index in [1.807, 2.05) is 24.8 Å². The third-order valence-electron chi connectivity index (χ3n) is 6.23. The SMILES string of the molecule is CC(C)n1ncc2c(C(=O)Nc3ccc(N4CCCC(C(N)=O)C4)nc3)cc(-c3ccco3)nc21. The summed E-state index contributed by atoms with van der Waals surface area (Å²) in [4.78, 5) is 36.2. The maximum Gasteiger partial charge on any atom is 0.256 e. The van der Waals surface area contributed by atoms with Crippen molar-refractivity contribution in [3.8, 4) is 11.5 Å². The number of anilines is 2. The summed E-state index contributed by atoms with van der Waals surface area (Å²) in [6, 6.07) is 9.01. The molecular weight excluding hydrogens is 446 g/mol. The van der Waals surface area contributed by atoms with Crippen LogP contribution in [0.4, 0.5) is 11.5 Å². The van der Waals surface area contributed by atoms with E-state index < -0.39 is 0 Å². The number of pyridine rings is 2. The van der Waals surface area contributed by atoms with Gasteiger partial charge in [-0.2, -0.15) is 5.10 Å². The number of nitrogens with zero attached hydrogens (tertiary/aromatic N) is 5. The van der Waals surface area contributed by atoms with Crippen LogP contribution in [0.1, 0.15) is 43.1 Å². The number of hydrogen-bond donors (Lipinski definition) is 2. The van der Waals surface area contributed by atoms with Crippen LogP contribution in [0.3, 0.4) is 0 Å². The number of nitrogens with one attached hydrogen (secondary N) is 1. The van der Waals surface area contributed by atoms with Crippen LogP contribution in [0.25, 0.3) is 22.5 Å². The molecule has 5 rings (SSSR count). The minimum atomic E-state index is -0.296. The number of carbonyl (C=O) groups excluding carboxylic acids is 2. The van der Waals surface area contributed by atoms with Crippen LogP contribution < -0.4 is 16.0 Å². The Kier molecular flexibility index (Phi) is 5.94. The second kappa shape index (κ2) is 9.21. The second-order valence-electron chi connectivity index (χ2n) is 9.00. The molecule has 1 fully saturated rings. The number of furan rings is 1. The van der Waals surface area contributed by atoms with E-state index in [4.69, 9.17) is 15.1 Å². The summed E-state index contributed by atoms with van der Waals surface area (Å²) in [5, 5.41) is 8.03. The average Bonchev–Trinajstić information content (AvgIpc) is 3.54. The summed E-state index contributed by atoms with van der Waals surface area (Å²) in [7, 11) is 0. The minimum Gasteiger partial charge on any atom is -0.463 e. The molecule has 1 aliphatic rings. The van der Waals surface area contributed by atoms with E-state index in [2.05, 4.69) is 15.4 Å². The zero-order chi connectivity index (χ0) is 24.5. The molecule has 0 aliphatic carbocycles. The lowest BCUT2D eigenvalue weighted by Gasteiger charge is -2.32. The number of amides is 2. The Labute approximate surface area is 202 Å². The highest BCUT2D eigenvalue weighted by Crippen LogP contribution is 2.28. The molecule has 1 atom stereocenters. The van der Waals surface area contributed by atoms with Gasteiger partial charge >= 0.3 is 0 Å². The maximum absolute atomic E-state index is 13.3. The second-order valence-corrected chi connectivity index (χ2v) is 9.00. The zero-order valence-electron chi connectivity index (χ0n) is 19.6. The molecule has 180 valence electrons. The lowest BCUT2D eigenvalue weighted by Crippen LogP contribution is -2.41. The van der Waals surface area contributed by atoms with Crippen LogP contribution in [0.5, 0.6) is 0 Å². The first-order chi connectivity index (χ1) is 16.9. The molecule has 4 aromatic heterocycles. The van der Waals surface area contributed by atoms with Crippen molar-refractivity contribution in [1.82, 2.24) is 19.7 Å². The van der Waals surface area contributed by atoms with Crippen LogP contribution >= 0.6 is 0 Å². The van der Waals surface area contributed by atoms with Crippen molar-refractivity contribution < 1.29 is 14.0 Å². The van der Waals surface area contributed by atoms with E-state index >= 15 is 0 Å². The van der Waals surface area contributed by atoms with Gasteiger partial charge in [-0.25, -0.2) is 14.6 Å². The fourth-order valence-electron chi connectivity index (χ4n) is 4.40. The van der Waals surface area contributed by atoms with Crippen LogP contribution in [0.2, 0.25) is 0 Å². The van der Waals surface area contributed by atoms with E-state index in [0.29, 0.717) is 40.3 Å². The summed E-state index contributed by atoms with van der Waals surface area (Å²) < 4.78 is 7.31. The van der Waals surface area contributed by atoms with E-state index in [-0.39, 0.29) is 23.8 Å². The Bertz CT molecular complexity index is 1360. The van der Waals surface area contributed by atoms with Gasteiger partial charge in [0, 0.05) is 19.1 Å². The molecule has 3 N–H and O–H groups in total. The normalized spacial score (nSPS) is 16.1. The number of nitrogens with two attached hydrogens (primary N) is 1. The molecule has 4 aromatic rings. The zero-order valence-corrected chi connectivity index (χ0v) is 19.6. The Morgan fingerprint density at radius 1 is 1.23 bits per heavy atom. The highest BCUT2D eigenvalue weighted by atomic mass is 16.3. The summed E-state index contributed by atoms with van der Waals surface area (Å²) in [5.74, 6) is 0.568. The van der Waals surface area contributed by atoms with Gasteiger partial charge in [0.25, 0.3) is 5.91 Å². The third-order valence-corrected chi connectivity index (χ3v) is 6.23. The fraction of sp³-hybridized carbons (Fsp3) is 0.320. The number of primary amides is 1. The quantitative estimate of drug-likeness (QED) is 0.437. The first-order valence-electron chi connectivity index (χ1n) is 11.6. The average molecular weight is 474 g/mol. The first-order valence-corrected chi connectivity index (χ1v) is 11.6. The first kappa shape index (κ1) is 22.6. The van der Waals surface area contributed by atoms with Gasteiger partial charge in [0.1, 0.15) is 11.5 Å². The van der Waals surface area contributed by atoms with Crippen molar-refractivity contribution in [2.24, 2.45) is 11.7 Å². The van der Waals surface area contributed by atoms with Gasteiger partial charge in [-0.1, -0.05) is 0 Å². The van der Waals surface area contributed by atoms with E-state index in [1.54, 1.807) is 47.6 Å². The van der Waals surface area contributed by atoms with Gasteiger partial charge in [0.05, 0.1) is 41.2 Å². The van der Waals surface area contributed by atoms with Gasteiger partial charge in [0.15, 0.2) is 11.4 Å². The van der Waals surface area contributed by atoms with Crippen LogP contribution in [-0.2, 0) is 4.79 Å². The maximum atomic E-state index is 13.3. The molecule has 2 amide bonds. The number of rotatable bonds is 6. The standard InChI is InChI=1S/C25H27N7O3/c1-15(2)32-24-19(13-28-32)18(11-20(30-24)21-6-4-10-35-21)25(34)29-17-7-8-22(27-12-17)31-9-3-5-16(14-31)23(26)33/h4,6-8,10-13,15-16H,3,5,9,14H2,1-2H3,(H2,26,33)(H,29,34). The lowest BCUT2D eigenvalue weighted by atomic mass is 9.97. The molecule has 1 aliphatic heterocycles. The number of fused-ring (bicyclic) bond motifs is 1. The van der Waals surface area contributed by atoms with Crippen LogP contribution in [0.15, 0.2) is 53.4 Å². The Hall–Kier alpha value is -4.21. The van der Waals surface area contributed by atoms with Gasteiger partial charge in [-0.15, -0.1) is 0 Å². The molecule has 10 nitrogen and oxygen atoms in total. The molecule has 1 saturated heterocycles. The number of hydrogen-bond acceptors (Lipinski definition) is 7. The molecule has 0 radical (unpaired) electrons. The summed E-state index contributed by atoms with van der Waals surface area (Å²) in [5.41, 5.74) is 7.66. The predicted molar refractivity (Wildman–Crippen MR) is 132 cm³/mol. The molecule has 5 heterocycles. The highest BCUT2D eigenvalue weighted by molar-refractivity contribution is 6.12. The van der Waals surface area contributed by atoms with Crippen molar-refractivity contribution in [2.45, 2.75) is 32.7 Å². The third kappa shape index (κ3) is 4.46. The molecule has 0 bridgehead atoms. The predicted octanol–water partition coefficient (Wildman–Crippen LogP) is 3.62. The van der Waals surface area contributed by atoms with Gasteiger partial charge in [-0.3, -0.25) is 9.59 Å². The molecule has 0 aromatic carbocycles. The summed E-state index contributed by atoms with van der Waals surface area (Å²) in [6.45, 7) is 5.38. The van der Waals surface area contributed by atoms with Crippen molar-refractivity contribution in [3.05, 3.63) is 54.6 Å². The largest absolute Gasteiger partial charge is 0.463 e. The Balaban J connectivity index is 1.41. The van der Waals surface area contributed by atoms with Crippen LogP contribution in [0, 0.1) is 5.92 Å². The smallest absolute Gasteiger partial charge is 0.256 e. The Morgan fingerprint density at radius 2 is 2.09 bits per heavy atom. The number of carbonyl (C=O) groups is 2. The Morgan fingerprint density at radius 3 is 2.77 bits per heavy atom. The van der Waals surface area contributed by atoms with Crippen molar-refractivity contribution in [3.63, 3.8) is 0 Å². The molecule has 35 heavy (non-hydrogen) atoms. The van der Waals surface area contributed by atoms with E-state index in [1.165, 1.54) is 0 Å². The summed E-state index contributed by atoms with van der Waals surface area (Å²) >= 11 is 0. The number of aromatic nitrogens is 4. The van der Waals surface area contributed by atoms with Gasteiger partial charge in [0.2, 0.25) is 5.91 Å².